The van der Waals surface area contributed by atoms with Gasteiger partial charge in [0.2, 0.25) is 5.88 Å². The van der Waals surface area contributed by atoms with Crippen LogP contribution in [-0.2, 0) is 11.3 Å². The van der Waals surface area contributed by atoms with Crippen molar-refractivity contribution in [1.29, 1.82) is 0 Å². The molecule has 0 saturated heterocycles. The standard InChI is InChI=1S/C23H23N3O3/c1-3-26-20-9-5-4-7-17(20)19-15-16(10-11-21(19)26)25-22(27)18-8-6-12-24-23(18)29-14-13-28-2/h4-12,15H,3,13-14H2,1-2H3,(H,25,27). The highest BCUT2D eigenvalue weighted by Gasteiger charge is 2.15. The lowest BCUT2D eigenvalue weighted by molar-refractivity contribution is 0.101. The van der Waals surface area contributed by atoms with Crippen LogP contribution in [0.1, 0.15) is 17.3 Å². The van der Waals surface area contributed by atoms with Crippen molar-refractivity contribution in [2.75, 3.05) is 25.6 Å². The van der Waals surface area contributed by atoms with Crippen molar-refractivity contribution in [2.45, 2.75) is 13.5 Å². The number of carbonyl (C=O) groups is 1. The van der Waals surface area contributed by atoms with Gasteiger partial charge >= 0.3 is 0 Å². The molecule has 1 amide bonds. The van der Waals surface area contributed by atoms with Crippen LogP contribution in [0.3, 0.4) is 0 Å². The lowest BCUT2D eigenvalue weighted by Crippen LogP contribution is -2.15. The van der Waals surface area contributed by atoms with Crippen molar-refractivity contribution in [1.82, 2.24) is 9.55 Å². The number of benzene rings is 2. The molecule has 0 aliphatic carbocycles. The summed E-state index contributed by atoms with van der Waals surface area (Å²) in [5, 5.41) is 5.26. The Morgan fingerprint density at radius 2 is 1.86 bits per heavy atom. The van der Waals surface area contributed by atoms with Crippen molar-refractivity contribution in [3.05, 3.63) is 66.4 Å². The molecule has 2 aromatic heterocycles. The number of nitrogens with zero attached hydrogens (tertiary/aromatic N) is 2. The van der Waals surface area contributed by atoms with E-state index >= 15 is 0 Å². The first-order valence-corrected chi connectivity index (χ1v) is 9.62. The lowest BCUT2D eigenvalue weighted by atomic mass is 10.1. The van der Waals surface area contributed by atoms with E-state index in [1.807, 2.05) is 30.3 Å². The van der Waals surface area contributed by atoms with Crippen molar-refractivity contribution >= 4 is 33.4 Å². The van der Waals surface area contributed by atoms with E-state index in [9.17, 15) is 4.79 Å². The minimum absolute atomic E-state index is 0.260. The largest absolute Gasteiger partial charge is 0.475 e. The highest BCUT2D eigenvalue weighted by molar-refractivity contribution is 6.11. The van der Waals surface area contributed by atoms with E-state index in [0.717, 1.165) is 23.1 Å². The van der Waals surface area contributed by atoms with Gasteiger partial charge in [-0.2, -0.15) is 0 Å². The number of hydrogen-bond acceptors (Lipinski definition) is 4. The maximum absolute atomic E-state index is 12.9. The summed E-state index contributed by atoms with van der Waals surface area (Å²) in [4.78, 5) is 17.0. The molecule has 148 valence electrons. The number of pyridine rings is 1. The van der Waals surface area contributed by atoms with E-state index in [-0.39, 0.29) is 5.91 Å². The van der Waals surface area contributed by atoms with Gasteiger partial charge in [0.1, 0.15) is 12.2 Å². The van der Waals surface area contributed by atoms with Crippen LogP contribution in [0, 0.1) is 0 Å². The van der Waals surface area contributed by atoms with Gasteiger partial charge < -0.3 is 19.4 Å². The molecule has 2 aromatic carbocycles. The predicted octanol–water partition coefficient (Wildman–Crippen LogP) is 4.49. The number of amides is 1. The monoisotopic (exact) mass is 389 g/mol. The second-order valence-corrected chi connectivity index (χ2v) is 6.64. The number of aryl methyl sites for hydroxylation is 1. The average Bonchev–Trinajstić information content (AvgIpc) is 3.07. The number of carbonyl (C=O) groups excluding carboxylic acids is 1. The third-order valence-electron chi connectivity index (χ3n) is 4.89. The Morgan fingerprint density at radius 3 is 2.69 bits per heavy atom. The SMILES string of the molecule is CCn1c2ccccc2c2cc(NC(=O)c3cccnc3OCCOC)ccc21. The molecular formula is C23H23N3O3. The topological polar surface area (TPSA) is 65.4 Å². The van der Waals surface area contributed by atoms with Crippen molar-refractivity contribution in [3.8, 4) is 5.88 Å². The zero-order valence-corrected chi connectivity index (χ0v) is 16.5. The van der Waals surface area contributed by atoms with Gasteiger partial charge in [-0.05, 0) is 43.3 Å². The summed E-state index contributed by atoms with van der Waals surface area (Å²) in [6, 6.07) is 17.7. The molecule has 6 heteroatoms. The van der Waals surface area contributed by atoms with Crippen LogP contribution in [0.2, 0.25) is 0 Å². The Bertz CT molecular complexity index is 1170. The summed E-state index contributed by atoms with van der Waals surface area (Å²) >= 11 is 0. The van der Waals surface area contributed by atoms with Crippen molar-refractivity contribution in [2.24, 2.45) is 0 Å². The third-order valence-corrected chi connectivity index (χ3v) is 4.89. The highest BCUT2D eigenvalue weighted by atomic mass is 16.5. The second kappa shape index (κ2) is 8.32. The van der Waals surface area contributed by atoms with E-state index in [4.69, 9.17) is 9.47 Å². The molecule has 0 saturated carbocycles. The Morgan fingerprint density at radius 1 is 1.03 bits per heavy atom. The second-order valence-electron chi connectivity index (χ2n) is 6.64. The Balaban J connectivity index is 1.65. The fourth-order valence-corrected chi connectivity index (χ4v) is 3.57. The van der Waals surface area contributed by atoms with E-state index in [0.29, 0.717) is 24.7 Å². The number of methoxy groups -OCH3 is 1. The highest BCUT2D eigenvalue weighted by Crippen LogP contribution is 2.31. The van der Waals surface area contributed by atoms with E-state index in [2.05, 4.69) is 33.9 Å². The molecule has 0 spiro atoms. The molecule has 0 fully saturated rings. The number of aromatic nitrogens is 2. The quantitative estimate of drug-likeness (QED) is 0.473. The van der Waals surface area contributed by atoms with Gasteiger partial charge in [-0.15, -0.1) is 0 Å². The van der Waals surface area contributed by atoms with Crippen molar-refractivity contribution in [3.63, 3.8) is 0 Å². The molecule has 2 heterocycles. The Kier molecular flexibility index (Phi) is 5.44. The summed E-state index contributed by atoms with van der Waals surface area (Å²) < 4.78 is 12.9. The van der Waals surface area contributed by atoms with Gasteiger partial charge in [0.05, 0.1) is 6.61 Å². The average molecular weight is 389 g/mol. The van der Waals surface area contributed by atoms with E-state index in [1.54, 1.807) is 25.4 Å². The fourth-order valence-electron chi connectivity index (χ4n) is 3.57. The predicted molar refractivity (Wildman–Crippen MR) is 115 cm³/mol. The normalized spacial score (nSPS) is 11.1. The molecule has 4 rings (SSSR count). The zero-order chi connectivity index (χ0) is 20.2. The van der Waals surface area contributed by atoms with Crippen LogP contribution in [0.25, 0.3) is 21.8 Å². The number of rotatable bonds is 7. The molecule has 29 heavy (non-hydrogen) atoms. The molecule has 6 nitrogen and oxygen atoms in total. The van der Waals surface area contributed by atoms with E-state index < -0.39 is 0 Å². The number of anilines is 1. The van der Waals surface area contributed by atoms with Gasteiger partial charge in [0, 0.05) is 47.3 Å². The smallest absolute Gasteiger partial charge is 0.261 e. The van der Waals surface area contributed by atoms with Crippen LogP contribution in [0.15, 0.2) is 60.8 Å². The number of para-hydroxylation sites is 1. The molecule has 0 radical (unpaired) electrons. The van der Waals surface area contributed by atoms with Gasteiger partial charge in [-0.3, -0.25) is 4.79 Å². The lowest BCUT2D eigenvalue weighted by Gasteiger charge is -2.11. The summed E-state index contributed by atoms with van der Waals surface area (Å²) in [6.45, 7) is 3.77. The van der Waals surface area contributed by atoms with Gasteiger partial charge in [0.25, 0.3) is 5.91 Å². The van der Waals surface area contributed by atoms with Gasteiger partial charge in [0.15, 0.2) is 0 Å². The molecule has 0 bridgehead atoms. The molecule has 4 aromatic rings. The Labute approximate surface area is 169 Å². The summed E-state index contributed by atoms with van der Waals surface area (Å²) in [6.07, 6.45) is 1.60. The number of fused-ring (bicyclic) bond motifs is 3. The van der Waals surface area contributed by atoms with Crippen LogP contribution in [-0.4, -0.2) is 35.8 Å². The first-order valence-electron chi connectivity index (χ1n) is 9.62. The van der Waals surface area contributed by atoms with Crippen LogP contribution in [0.4, 0.5) is 5.69 Å². The zero-order valence-electron chi connectivity index (χ0n) is 16.5. The summed E-state index contributed by atoms with van der Waals surface area (Å²) in [5.41, 5.74) is 3.46. The van der Waals surface area contributed by atoms with Crippen LogP contribution in [0.5, 0.6) is 5.88 Å². The maximum atomic E-state index is 12.9. The first-order chi connectivity index (χ1) is 14.2. The number of ether oxygens (including phenoxy) is 2. The molecule has 0 atom stereocenters. The minimum Gasteiger partial charge on any atom is -0.475 e. The first kappa shape index (κ1) is 19.0. The summed E-state index contributed by atoms with van der Waals surface area (Å²) in [5.74, 6) is 0.0369. The molecular weight excluding hydrogens is 366 g/mol. The molecule has 0 aliphatic rings. The molecule has 0 unspecified atom stereocenters. The molecule has 1 N–H and O–H groups in total. The minimum atomic E-state index is -0.260. The molecule has 0 aliphatic heterocycles. The fraction of sp³-hybridized carbons (Fsp3) is 0.217. The number of hydrogen-bond donors (Lipinski definition) is 1. The van der Waals surface area contributed by atoms with Gasteiger partial charge in [-0.1, -0.05) is 18.2 Å². The maximum Gasteiger partial charge on any atom is 0.261 e. The third kappa shape index (κ3) is 3.67. The van der Waals surface area contributed by atoms with Crippen LogP contribution < -0.4 is 10.1 Å². The van der Waals surface area contributed by atoms with E-state index in [1.165, 1.54) is 10.9 Å². The summed E-state index contributed by atoms with van der Waals surface area (Å²) in [7, 11) is 1.60. The Hall–Kier alpha value is -3.38. The number of nitrogens with one attached hydrogen (secondary N) is 1. The van der Waals surface area contributed by atoms with Gasteiger partial charge in [-0.25, -0.2) is 4.98 Å². The van der Waals surface area contributed by atoms with Crippen molar-refractivity contribution < 1.29 is 14.3 Å². The van der Waals surface area contributed by atoms with Crippen LogP contribution >= 0.6 is 0 Å².